The topological polar surface area (TPSA) is 52.7 Å². The van der Waals surface area contributed by atoms with Gasteiger partial charge in [0, 0.05) is 44.8 Å². The van der Waals surface area contributed by atoms with E-state index >= 15 is 0 Å². The summed E-state index contributed by atoms with van der Waals surface area (Å²) in [6.07, 6.45) is 1.11. The van der Waals surface area contributed by atoms with Crippen LogP contribution in [0.2, 0.25) is 0 Å². The molecule has 2 unspecified atom stereocenters. The molecule has 5 heteroatoms. The average Bonchev–Trinajstić information content (AvgIpc) is 2.64. The van der Waals surface area contributed by atoms with Crippen LogP contribution in [0.15, 0.2) is 24.3 Å². The fraction of sp³-hybridized carbons (Fsp3) is 0.529. The molecule has 5 nitrogen and oxygen atoms in total. The fourth-order valence-electron chi connectivity index (χ4n) is 3.42. The van der Waals surface area contributed by atoms with Gasteiger partial charge in [0.1, 0.15) is 0 Å². The molecule has 1 fully saturated rings. The van der Waals surface area contributed by atoms with E-state index in [9.17, 15) is 9.59 Å². The minimum absolute atomic E-state index is 0.0537. The Morgan fingerprint density at radius 1 is 1.32 bits per heavy atom. The van der Waals surface area contributed by atoms with E-state index in [0.29, 0.717) is 25.9 Å². The molecule has 0 aliphatic carbocycles. The van der Waals surface area contributed by atoms with Crippen molar-refractivity contribution in [2.75, 3.05) is 25.0 Å². The highest BCUT2D eigenvalue weighted by molar-refractivity contribution is 5.84. The molecule has 1 aromatic carbocycles. The van der Waals surface area contributed by atoms with Gasteiger partial charge >= 0.3 is 0 Å². The molecule has 3 rings (SSSR count). The second-order valence-corrected chi connectivity index (χ2v) is 6.36. The quantitative estimate of drug-likeness (QED) is 0.852. The minimum atomic E-state index is -0.0873. The monoisotopic (exact) mass is 301 g/mol. The Hall–Kier alpha value is -2.04. The van der Waals surface area contributed by atoms with Gasteiger partial charge in [-0.3, -0.25) is 9.59 Å². The van der Waals surface area contributed by atoms with Gasteiger partial charge in [-0.05, 0) is 25.0 Å². The van der Waals surface area contributed by atoms with Gasteiger partial charge in [-0.2, -0.15) is 0 Å². The SMILES string of the molecule is CC1CN(C)c2ccccc2CN1C(=O)C1CCC(=O)NC1. The highest BCUT2D eigenvalue weighted by atomic mass is 16.2. The minimum Gasteiger partial charge on any atom is -0.372 e. The van der Waals surface area contributed by atoms with Gasteiger partial charge in [-0.15, -0.1) is 0 Å². The fourth-order valence-corrected chi connectivity index (χ4v) is 3.42. The van der Waals surface area contributed by atoms with E-state index in [1.165, 1.54) is 11.3 Å². The van der Waals surface area contributed by atoms with Crippen LogP contribution in [0, 0.1) is 5.92 Å². The standard InChI is InChI=1S/C17H23N3O2/c1-12-10-19(2)15-6-4-3-5-14(15)11-20(12)17(22)13-7-8-16(21)18-9-13/h3-6,12-13H,7-11H2,1-2H3,(H,18,21). The number of hydrogen-bond donors (Lipinski definition) is 1. The molecule has 2 atom stereocenters. The van der Waals surface area contributed by atoms with Crippen molar-refractivity contribution in [2.24, 2.45) is 5.92 Å². The van der Waals surface area contributed by atoms with Crippen LogP contribution >= 0.6 is 0 Å². The Kier molecular flexibility index (Phi) is 4.05. The molecule has 0 spiro atoms. The smallest absolute Gasteiger partial charge is 0.228 e. The summed E-state index contributed by atoms with van der Waals surface area (Å²) in [5.41, 5.74) is 2.38. The van der Waals surface area contributed by atoms with E-state index in [1.807, 2.05) is 17.0 Å². The number of hydrogen-bond acceptors (Lipinski definition) is 3. The molecular formula is C17H23N3O2. The Balaban J connectivity index is 1.81. The van der Waals surface area contributed by atoms with Crippen LogP contribution in [0.1, 0.15) is 25.3 Å². The van der Waals surface area contributed by atoms with Crippen molar-refractivity contribution in [3.8, 4) is 0 Å². The van der Waals surface area contributed by atoms with Crippen molar-refractivity contribution in [3.63, 3.8) is 0 Å². The Morgan fingerprint density at radius 3 is 2.82 bits per heavy atom. The molecule has 0 bridgehead atoms. The number of rotatable bonds is 1. The number of amides is 2. The number of carbonyl (C=O) groups excluding carboxylic acids is 2. The lowest BCUT2D eigenvalue weighted by Gasteiger charge is -2.33. The maximum Gasteiger partial charge on any atom is 0.228 e. The molecule has 1 aromatic rings. The van der Waals surface area contributed by atoms with E-state index in [-0.39, 0.29) is 23.8 Å². The van der Waals surface area contributed by atoms with Gasteiger partial charge in [0.25, 0.3) is 0 Å². The number of carbonyl (C=O) groups is 2. The summed E-state index contributed by atoms with van der Waals surface area (Å²) < 4.78 is 0. The molecule has 2 heterocycles. The maximum atomic E-state index is 12.9. The zero-order valence-electron chi connectivity index (χ0n) is 13.2. The average molecular weight is 301 g/mol. The van der Waals surface area contributed by atoms with E-state index in [0.717, 1.165) is 6.54 Å². The van der Waals surface area contributed by atoms with Gasteiger partial charge in [-0.1, -0.05) is 18.2 Å². The van der Waals surface area contributed by atoms with Crippen molar-refractivity contribution >= 4 is 17.5 Å². The van der Waals surface area contributed by atoms with E-state index in [4.69, 9.17) is 0 Å². The van der Waals surface area contributed by atoms with Crippen LogP contribution in [0.25, 0.3) is 0 Å². The zero-order valence-corrected chi connectivity index (χ0v) is 13.2. The van der Waals surface area contributed by atoms with Crippen molar-refractivity contribution in [1.29, 1.82) is 0 Å². The third kappa shape index (κ3) is 2.80. The molecule has 1 N–H and O–H groups in total. The van der Waals surface area contributed by atoms with Crippen LogP contribution in [0.3, 0.4) is 0 Å². The number of anilines is 1. The van der Waals surface area contributed by atoms with E-state index in [1.54, 1.807) is 0 Å². The lowest BCUT2D eigenvalue weighted by molar-refractivity contribution is -0.139. The van der Waals surface area contributed by atoms with Crippen molar-refractivity contribution in [1.82, 2.24) is 10.2 Å². The molecule has 1 saturated heterocycles. The number of likely N-dealkylation sites (N-methyl/N-ethyl adjacent to an activating group) is 1. The van der Waals surface area contributed by atoms with Gasteiger partial charge in [-0.25, -0.2) is 0 Å². The lowest BCUT2D eigenvalue weighted by atomic mass is 9.96. The number of nitrogens with zero attached hydrogens (tertiary/aromatic N) is 2. The largest absolute Gasteiger partial charge is 0.372 e. The van der Waals surface area contributed by atoms with E-state index in [2.05, 4.69) is 36.3 Å². The Labute approximate surface area is 131 Å². The third-order valence-corrected chi connectivity index (χ3v) is 4.71. The molecule has 2 aliphatic rings. The summed E-state index contributed by atoms with van der Waals surface area (Å²) in [5.74, 6) is 0.131. The first-order chi connectivity index (χ1) is 10.6. The first kappa shape index (κ1) is 14.9. The molecule has 118 valence electrons. The summed E-state index contributed by atoms with van der Waals surface area (Å²) in [5, 5.41) is 2.81. The van der Waals surface area contributed by atoms with Gasteiger partial charge in [0.2, 0.25) is 11.8 Å². The predicted molar refractivity (Wildman–Crippen MR) is 85.5 cm³/mol. The Bertz CT molecular complexity index is 577. The molecule has 22 heavy (non-hydrogen) atoms. The lowest BCUT2D eigenvalue weighted by Crippen LogP contribution is -2.48. The second kappa shape index (κ2) is 5.99. The van der Waals surface area contributed by atoms with Crippen molar-refractivity contribution in [2.45, 2.75) is 32.4 Å². The van der Waals surface area contributed by atoms with Crippen LogP contribution in [0.4, 0.5) is 5.69 Å². The highest BCUT2D eigenvalue weighted by Gasteiger charge is 2.33. The predicted octanol–water partition coefficient (Wildman–Crippen LogP) is 1.38. The zero-order chi connectivity index (χ0) is 15.7. The highest BCUT2D eigenvalue weighted by Crippen LogP contribution is 2.27. The summed E-state index contributed by atoms with van der Waals surface area (Å²) in [7, 11) is 2.07. The van der Waals surface area contributed by atoms with E-state index < -0.39 is 0 Å². The maximum absolute atomic E-state index is 12.9. The molecule has 2 amide bonds. The first-order valence-corrected chi connectivity index (χ1v) is 7.92. The van der Waals surface area contributed by atoms with Gasteiger partial charge in [0.15, 0.2) is 0 Å². The van der Waals surface area contributed by atoms with Crippen molar-refractivity contribution < 1.29 is 9.59 Å². The number of nitrogens with one attached hydrogen (secondary N) is 1. The van der Waals surface area contributed by atoms with Gasteiger partial charge in [0.05, 0.1) is 5.92 Å². The second-order valence-electron chi connectivity index (χ2n) is 6.36. The molecule has 2 aliphatic heterocycles. The van der Waals surface area contributed by atoms with Crippen LogP contribution < -0.4 is 10.2 Å². The number of piperidine rings is 1. The molecule has 0 aromatic heterocycles. The number of benzene rings is 1. The van der Waals surface area contributed by atoms with Crippen LogP contribution in [-0.2, 0) is 16.1 Å². The first-order valence-electron chi connectivity index (χ1n) is 7.92. The molecular weight excluding hydrogens is 278 g/mol. The summed E-state index contributed by atoms with van der Waals surface area (Å²) in [6.45, 7) is 4.03. The van der Waals surface area contributed by atoms with Gasteiger partial charge < -0.3 is 15.1 Å². The summed E-state index contributed by atoms with van der Waals surface area (Å²) >= 11 is 0. The molecule has 0 saturated carbocycles. The molecule has 0 radical (unpaired) electrons. The Morgan fingerprint density at radius 2 is 2.09 bits per heavy atom. The van der Waals surface area contributed by atoms with Crippen LogP contribution in [0.5, 0.6) is 0 Å². The summed E-state index contributed by atoms with van der Waals surface area (Å²) in [4.78, 5) is 28.4. The van der Waals surface area contributed by atoms with Crippen molar-refractivity contribution in [3.05, 3.63) is 29.8 Å². The number of para-hydroxylation sites is 1. The van der Waals surface area contributed by atoms with Crippen LogP contribution in [-0.4, -0.2) is 42.9 Å². The normalized spacial score (nSPS) is 25.3. The summed E-state index contributed by atoms with van der Waals surface area (Å²) in [6, 6.07) is 8.41. The third-order valence-electron chi connectivity index (χ3n) is 4.71. The number of fused-ring (bicyclic) bond motifs is 1.